The van der Waals surface area contributed by atoms with Gasteiger partial charge in [-0.3, -0.25) is 9.63 Å². The van der Waals surface area contributed by atoms with Gasteiger partial charge >= 0.3 is 0 Å². The molecule has 11 heteroatoms. The van der Waals surface area contributed by atoms with Gasteiger partial charge in [-0.05, 0) is 6.07 Å². The number of hydroxylamine groups is 2. The number of alkyl halides is 2. The lowest BCUT2D eigenvalue weighted by Gasteiger charge is -2.20. The van der Waals surface area contributed by atoms with E-state index in [1.807, 2.05) is 0 Å². The van der Waals surface area contributed by atoms with Gasteiger partial charge in [0, 0.05) is 0 Å². The normalized spacial score (nSPS) is 17.8. The molecule has 1 fully saturated rings. The van der Waals surface area contributed by atoms with Crippen molar-refractivity contribution in [3.8, 4) is 5.75 Å². The number of amides is 1. The molecule has 2 heterocycles. The van der Waals surface area contributed by atoms with Crippen molar-refractivity contribution >= 4 is 27.3 Å². The molecular weight excluding hydrogens is 358 g/mol. The van der Waals surface area contributed by atoms with Gasteiger partial charge in [0.15, 0.2) is 15.6 Å². The highest BCUT2D eigenvalue weighted by Gasteiger charge is 2.27. The summed E-state index contributed by atoms with van der Waals surface area (Å²) < 4.78 is 52.4. The first-order valence-corrected chi connectivity index (χ1v) is 8.70. The van der Waals surface area contributed by atoms with Gasteiger partial charge in [-0.1, -0.05) is 11.6 Å². The molecule has 0 atom stereocenters. The first-order chi connectivity index (χ1) is 10.8. The van der Waals surface area contributed by atoms with E-state index in [0.29, 0.717) is 0 Å². The topological polar surface area (TPSA) is 85.8 Å². The molecule has 0 bridgehead atoms. The summed E-state index contributed by atoms with van der Waals surface area (Å²) >= 11 is 5.72. The SMILES string of the molecule is O=C(c1cc(Cl)ncc1OCC(F)F)N1CCS(=O)(=O)CCO1. The van der Waals surface area contributed by atoms with Gasteiger partial charge in [-0.2, -0.15) is 0 Å². The summed E-state index contributed by atoms with van der Waals surface area (Å²) in [6.45, 7) is -1.28. The van der Waals surface area contributed by atoms with Crippen LogP contribution in [-0.2, 0) is 14.7 Å². The number of aromatic nitrogens is 1. The van der Waals surface area contributed by atoms with Gasteiger partial charge in [-0.25, -0.2) is 27.2 Å². The molecule has 0 radical (unpaired) electrons. The van der Waals surface area contributed by atoms with Crippen LogP contribution in [-0.4, -0.2) is 62.1 Å². The molecule has 23 heavy (non-hydrogen) atoms. The van der Waals surface area contributed by atoms with Gasteiger partial charge in [0.05, 0.1) is 36.4 Å². The lowest BCUT2D eigenvalue weighted by molar-refractivity contribution is -0.111. The second-order valence-electron chi connectivity index (χ2n) is 4.60. The molecule has 1 aliphatic rings. The van der Waals surface area contributed by atoms with Crippen LogP contribution in [0.5, 0.6) is 5.75 Å². The van der Waals surface area contributed by atoms with Crippen molar-refractivity contribution in [1.29, 1.82) is 0 Å². The summed E-state index contributed by atoms with van der Waals surface area (Å²) in [5.74, 6) is -1.39. The number of carbonyl (C=O) groups is 1. The molecule has 0 aromatic carbocycles. The third kappa shape index (κ3) is 4.98. The fourth-order valence-corrected chi connectivity index (χ4v) is 2.94. The number of pyridine rings is 1. The standard InChI is InChI=1S/C12H13ClF2N2O5S/c13-10-5-8(9(6-16-10)21-7-11(14)15)12(18)17-1-3-23(19,20)4-2-22-17/h5-6,11H,1-4,7H2. The molecule has 1 aromatic rings. The van der Waals surface area contributed by atoms with Crippen molar-refractivity contribution < 1.29 is 31.6 Å². The summed E-state index contributed by atoms with van der Waals surface area (Å²) in [6.07, 6.45) is -1.68. The summed E-state index contributed by atoms with van der Waals surface area (Å²) in [6, 6.07) is 1.15. The third-order valence-corrected chi connectivity index (χ3v) is 4.70. The second kappa shape index (κ2) is 7.37. The first kappa shape index (κ1) is 17.8. The number of hydrogen-bond donors (Lipinski definition) is 0. The number of sulfone groups is 1. The Balaban J connectivity index is 2.22. The van der Waals surface area contributed by atoms with Gasteiger partial charge in [0.25, 0.3) is 12.3 Å². The molecule has 1 saturated heterocycles. The molecule has 0 unspecified atom stereocenters. The zero-order valence-electron chi connectivity index (χ0n) is 11.7. The molecule has 0 N–H and O–H groups in total. The molecule has 1 amide bonds. The van der Waals surface area contributed by atoms with E-state index in [0.717, 1.165) is 17.3 Å². The highest BCUT2D eigenvalue weighted by molar-refractivity contribution is 7.91. The minimum Gasteiger partial charge on any atom is -0.485 e. The van der Waals surface area contributed by atoms with Crippen LogP contribution in [0.1, 0.15) is 10.4 Å². The predicted molar refractivity (Wildman–Crippen MR) is 76.4 cm³/mol. The Hall–Kier alpha value is -1.52. The number of hydrogen-bond acceptors (Lipinski definition) is 6. The van der Waals surface area contributed by atoms with Crippen molar-refractivity contribution in [3.63, 3.8) is 0 Å². The Labute approximate surface area is 136 Å². The Morgan fingerprint density at radius 3 is 2.91 bits per heavy atom. The average molecular weight is 371 g/mol. The van der Waals surface area contributed by atoms with E-state index in [-0.39, 0.29) is 41.1 Å². The number of halogens is 3. The van der Waals surface area contributed by atoms with Crippen molar-refractivity contribution in [2.24, 2.45) is 0 Å². The first-order valence-electron chi connectivity index (χ1n) is 6.50. The molecular formula is C12H13ClF2N2O5S. The summed E-state index contributed by atoms with van der Waals surface area (Å²) in [7, 11) is -3.30. The van der Waals surface area contributed by atoms with Crippen LogP contribution >= 0.6 is 11.6 Å². The van der Waals surface area contributed by atoms with E-state index in [1.54, 1.807) is 0 Å². The molecule has 7 nitrogen and oxygen atoms in total. The molecule has 0 saturated carbocycles. The van der Waals surface area contributed by atoms with Crippen LogP contribution in [0.4, 0.5) is 8.78 Å². The number of nitrogens with zero attached hydrogens (tertiary/aromatic N) is 2. The maximum atomic E-state index is 12.4. The quantitative estimate of drug-likeness (QED) is 0.740. The van der Waals surface area contributed by atoms with Gasteiger partial charge < -0.3 is 4.74 Å². The Bertz CT molecular complexity index is 686. The van der Waals surface area contributed by atoms with Crippen LogP contribution < -0.4 is 4.74 Å². The van der Waals surface area contributed by atoms with E-state index >= 15 is 0 Å². The maximum absolute atomic E-state index is 12.4. The zero-order valence-corrected chi connectivity index (χ0v) is 13.3. The van der Waals surface area contributed by atoms with E-state index in [1.165, 1.54) is 0 Å². The van der Waals surface area contributed by atoms with Crippen molar-refractivity contribution in [1.82, 2.24) is 10.0 Å². The predicted octanol–water partition coefficient (Wildman–Crippen LogP) is 1.18. The molecule has 1 aromatic heterocycles. The molecule has 1 aliphatic heterocycles. The Kier molecular flexibility index (Phi) is 5.71. The number of rotatable bonds is 4. The molecule has 0 aliphatic carbocycles. The van der Waals surface area contributed by atoms with Crippen LogP contribution in [0.3, 0.4) is 0 Å². The highest BCUT2D eigenvalue weighted by atomic mass is 35.5. The van der Waals surface area contributed by atoms with Crippen LogP contribution in [0, 0.1) is 0 Å². The third-order valence-electron chi connectivity index (χ3n) is 2.90. The monoisotopic (exact) mass is 370 g/mol. The van der Waals surface area contributed by atoms with Crippen LogP contribution in [0.25, 0.3) is 0 Å². The van der Waals surface area contributed by atoms with E-state index in [9.17, 15) is 22.0 Å². The number of carbonyl (C=O) groups excluding carboxylic acids is 1. The van der Waals surface area contributed by atoms with Crippen molar-refractivity contribution in [2.45, 2.75) is 6.43 Å². The zero-order chi connectivity index (χ0) is 17.0. The van der Waals surface area contributed by atoms with Crippen molar-refractivity contribution in [2.75, 3.05) is 31.3 Å². The summed E-state index contributed by atoms with van der Waals surface area (Å²) in [5, 5.41) is 0.811. The Morgan fingerprint density at radius 2 is 2.22 bits per heavy atom. The average Bonchev–Trinajstić information content (AvgIpc) is 2.66. The fourth-order valence-electron chi connectivity index (χ4n) is 1.81. The summed E-state index contributed by atoms with van der Waals surface area (Å²) in [5.41, 5.74) is -0.134. The second-order valence-corrected chi connectivity index (χ2v) is 7.29. The number of ether oxygens (including phenoxy) is 1. The largest absolute Gasteiger partial charge is 0.485 e. The van der Waals surface area contributed by atoms with E-state index < -0.39 is 28.8 Å². The smallest absolute Gasteiger partial charge is 0.281 e. The van der Waals surface area contributed by atoms with Gasteiger partial charge in [0.1, 0.15) is 11.8 Å². The molecule has 128 valence electrons. The molecule has 0 spiro atoms. The fraction of sp³-hybridized carbons (Fsp3) is 0.500. The lowest BCUT2D eigenvalue weighted by Crippen LogP contribution is -2.33. The summed E-state index contributed by atoms with van der Waals surface area (Å²) in [4.78, 5) is 21.2. The van der Waals surface area contributed by atoms with E-state index in [4.69, 9.17) is 21.2 Å². The van der Waals surface area contributed by atoms with Crippen LogP contribution in [0.15, 0.2) is 12.3 Å². The highest BCUT2D eigenvalue weighted by Crippen LogP contribution is 2.23. The Morgan fingerprint density at radius 1 is 1.48 bits per heavy atom. The van der Waals surface area contributed by atoms with Gasteiger partial charge in [-0.15, -0.1) is 0 Å². The van der Waals surface area contributed by atoms with Crippen LogP contribution in [0.2, 0.25) is 5.15 Å². The lowest BCUT2D eigenvalue weighted by atomic mass is 10.2. The minimum atomic E-state index is -3.30. The van der Waals surface area contributed by atoms with E-state index in [2.05, 4.69) is 4.98 Å². The molecule has 2 rings (SSSR count). The minimum absolute atomic E-state index is 0.0415. The van der Waals surface area contributed by atoms with Gasteiger partial charge in [0.2, 0.25) is 0 Å². The maximum Gasteiger partial charge on any atom is 0.281 e. The van der Waals surface area contributed by atoms with Crippen molar-refractivity contribution in [3.05, 3.63) is 23.0 Å².